The number of likely N-dealkylation sites (tertiary alicyclic amines) is 1. The minimum atomic E-state index is -0.528. The van der Waals surface area contributed by atoms with Gasteiger partial charge in [-0.25, -0.2) is 4.79 Å². The Hall–Kier alpha value is -2.65. The maximum atomic E-state index is 12.9. The molecule has 2 aromatic heterocycles. The van der Waals surface area contributed by atoms with Gasteiger partial charge in [-0.15, -0.1) is 0 Å². The molecule has 0 unspecified atom stereocenters. The molecule has 2 aliphatic rings. The number of ether oxygens (including phenoxy) is 2. The van der Waals surface area contributed by atoms with Crippen molar-refractivity contribution in [3.05, 3.63) is 50.1 Å². The fraction of sp³-hybridized carbons (Fsp3) is 0.522. The SMILES string of the molecule is COC(=O)c1c(OCC[C@@H]2CCCN2C)cc(=O)n2c1CCN(C(=O)c1ccsc1)CC2. The first-order chi connectivity index (χ1) is 15.5. The van der Waals surface area contributed by atoms with Crippen LogP contribution >= 0.6 is 11.3 Å². The van der Waals surface area contributed by atoms with Gasteiger partial charge in [0.2, 0.25) is 0 Å². The van der Waals surface area contributed by atoms with E-state index in [1.54, 1.807) is 15.5 Å². The Morgan fingerprint density at radius 3 is 2.75 bits per heavy atom. The van der Waals surface area contributed by atoms with E-state index in [9.17, 15) is 14.4 Å². The molecule has 1 saturated heterocycles. The van der Waals surface area contributed by atoms with Crippen LogP contribution in [0.3, 0.4) is 0 Å². The molecule has 0 radical (unpaired) electrons. The topological polar surface area (TPSA) is 81.1 Å². The van der Waals surface area contributed by atoms with Gasteiger partial charge in [0.15, 0.2) is 0 Å². The highest BCUT2D eigenvalue weighted by Crippen LogP contribution is 2.26. The molecule has 172 valence electrons. The number of hydrogen-bond acceptors (Lipinski definition) is 7. The average Bonchev–Trinajstić information content (AvgIpc) is 3.41. The first-order valence-corrected chi connectivity index (χ1v) is 11.9. The number of nitrogens with zero attached hydrogens (tertiary/aromatic N) is 3. The van der Waals surface area contributed by atoms with Crippen LogP contribution < -0.4 is 10.3 Å². The van der Waals surface area contributed by atoms with E-state index >= 15 is 0 Å². The number of thiophene rings is 1. The van der Waals surface area contributed by atoms with Crippen LogP contribution in [0.5, 0.6) is 5.75 Å². The minimum Gasteiger partial charge on any atom is -0.492 e. The van der Waals surface area contributed by atoms with Crippen molar-refractivity contribution in [3.63, 3.8) is 0 Å². The zero-order chi connectivity index (χ0) is 22.7. The van der Waals surface area contributed by atoms with E-state index in [4.69, 9.17) is 9.47 Å². The molecule has 9 heteroatoms. The van der Waals surface area contributed by atoms with Crippen molar-refractivity contribution >= 4 is 23.2 Å². The van der Waals surface area contributed by atoms with Crippen molar-refractivity contribution in [1.82, 2.24) is 14.4 Å². The fourth-order valence-corrected chi connectivity index (χ4v) is 5.24. The zero-order valence-corrected chi connectivity index (χ0v) is 19.4. The van der Waals surface area contributed by atoms with Crippen molar-refractivity contribution < 1.29 is 19.1 Å². The molecule has 0 N–H and O–H groups in total. The molecule has 0 saturated carbocycles. The summed E-state index contributed by atoms with van der Waals surface area (Å²) in [4.78, 5) is 42.4. The third-order valence-electron chi connectivity index (χ3n) is 6.42. The number of esters is 1. The van der Waals surface area contributed by atoms with E-state index in [1.165, 1.54) is 30.9 Å². The predicted molar refractivity (Wildman–Crippen MR) is 122 cm³/mol. The van der Waals surface area contributed by atoms with Gasteiger partial charge in [-0.2, -0.15) is 11.3 Å². The summed E-state index contributed by atoms with van der Waals surface area (Å²) in [5.74, 6) is -0.324. The quantitative estimate of drug-likeness (QED) is 0.617. The summed E-state index contributed by atoms with van der Waals surface area (Å²) in [5, 5.41) is 3.69. The van der Waals surface area contributed by atoms with Crippen molar-refractivity contribution in [3.8, 4) is 5.75 Å². The molecule has 1 amide bonds. The third kappa shape index (κ3) is 4.59. The van der Waals surface area contributed by atoms with Crippen LogP contribution in [0.1, 0.15) is 45.7 Å². The summed E-state index contributed by atoms with van der Waals surface area (Å²) in [7, 11) is 3.43. The van der Waals surface area contributed by atoms with Gasteiger partial charge >= 0.3 is 5.97 Å². The third-order valence-corrected chi connectivity index (χ3v) is 7.10. The lowest BCUT2D eigenvalue weighted by Gasteiger charge is -2.21. The van der Waals surface area contributed by atoms with Gasteiger partial charge in [-0.3, -0.25) is 9.59 Å². The number of hydrogen-bond donors (Lipinski definition) is 0. The molecule has 0 aliphatic carbocycles. The Morgan fingerprint density at radius 1 is 1.22 bits per heavy atom. The monoisotopic (exact) mass is 459 g/mol. The number of carbonyl (C=O) groups is 2. The number of amides is 1. The van der Waals surface area contributed by atoms with Crippen molar-refractivity contribution in [2.75, 3.05) is 40.4 Å². The van der Waals surface area contributed by atoms with Gasteiger partial charge in [0, 0.05) is 49.2 Å². The molecule has 2 aromatic rings. The minimum absolute atomic E-state index is 0.0659. The Balaban J connectivity index is 1.57. The number of aromatic nitrogens is 1. The number of pyridine rings is 1. The highest BCUT2D eigenvalue weighted by molar-refractivity contribution is 7.08. The van der Waals surface area contributed by atoms with Crippen LogP contribution in [0, 0.1) is 0 Å². The van der Waals surface area contributed by atoms with Crippen molar-refractivity contribution in [2.24, 2.45) is 0 Å². The normalized spacial score (nSPS) is 18.8. The standard InChI is InChI=1S/C23H29N3O5S/c1-24-8-3-4-17(24)6-12-31-19-14-20(27)26-11-10-25(22(28)16-7-13-32-15-16)9-5-18(26)21(19)23(29)30-2/h7,13-15,17H,3-6,8-12H2,1-2H3/t17-/m0/s1. The number of methoxy groups -OCH3 is 1. The second kappa shape index (κ2) is 9.87. The lowest BCUT2D eigenvalue weighted by atomic mass is 10.1. The average molecular weight is 460 g/mol. The van der Waals surface area contributed by atoms with Crippen molar-refractivity contribution in [1.29, 1.82) is 0 Å². The van der Waals surface area contributed by atoms with E-state index < -0.39 is 5.97 Å². The molecular formula is C23H29N3O5S. The van der Waals surface area contributed by atoms with Crippen molar-refractivity contribution in [2.45, 2.75) is 38.3 Å². The molecule has 2 aliphatic heterocycles. The van der Waals surface area contributed by atoms with Crippen LogP contribution in [-0.4, -0.2) is 72.7 Å². The maximum Gasteiger partial charge on any atom is 0.343 e. The van der Waals surface area contributed by atoms with E-state index in [0.717, 1.165) is 19.4 Å². The molecule has 1 fully saturated rings. The molecule has 0 bridgehead atoms. The summed E-state index contributed by atoms with van der Waals surface area (Å²) in [5.41, 5.74) is 1.27. The van der Waals surface area contributed by atoms with Gasteiger partial charge in [-0.05, 0) is 44.3 Å². The zero-order valence-electron chi connectivity index (χ0n) is 18.5. The summed E-state index contributed by atoms with van der Waals surface area (Å²) >= 11 is 1.47. The summed E-state index contributed by atoms with van der Waals surface area (Å²) < 4.78 is 12.6. The first-order valence-electron chi connectivity index (χ1n) is 11.0. The maximum absolute atomic E-state index is 12.9. The number of fused-ring (bicyclic) bond motifs is 1. The lowest BCUT2D eigenvalue weighted by Crippen LogP contribution is -2.34. The number of carbonyl (C=O) groups excluding carboxylic acids is 2. The van der Waals surface area contributed by atoms with Crippen LogP contribution in [0.2, 0.25) is 0 Å². The van der Waals surface area contributed by atoms with Gasteiger partial charge in [0.05, 0.1) is 19.3 Å². The molecule has 0 spiro atoms. The molecule has 0 aromatic carbocycles. The molecular weight excluding hydrogens is 430 g/mol. The molecule has 32 heavy (non-hydrogen) atoms. The summed E-state index contributed by atoms with van der Waals surface area (Å²) in [6, 6.07) is 3.63. The smallest absolute Gasteiger partial charge is 0.343 e. The number of rotatable bonds is 6. The van der Waals surface area contributed by atoms with Gasteiger partial charge in [-0.1, -0.05) is 0 Å². The van der Waals surface area contributed by atoms with Crippen LogP contribution in [0.15, 0.2) is 27.7 Å². The molecule has 4 heterocycles. The van der Waals surface area contributed by atoms with Gasteiger partial charge in [0.25, 0.3) is 11.5 Å². The van der Waals surface area contributed by atoms with Crippen LogP contribution in [0.25, 0.3) is 0 Å². The largest absolute Gasteiger partial charge is 0.492 e. The second-order valence-electron chi connectivity index (χ2n) is 8.28. The highest BCUT2D eigenvalue weighted by Gasteiger charge is 2.28. The van der Waals surface area contributed by atoms with Crippen LogP contribution in [0.4, 0.5) is 0 Å². The molecule has 8 nitrogen and oxygen atoms in total. The molecule has 4 rings (SSSR count). The van der Waals surface area contributed by atoms with E-state index in [2.05, 4.69) is 11.9 Å². The first kappa shape index (κ1) is 22.5. The Morgan fingerprint density at radius 2 is 2.06 bits per heavy atom. The summed E-state index contributed by atoms with van der Waals surface area (Å²) in [6.45, 7) is 2.63. The predicted octanol–water partition coefficient (Wildman–Crippen LogP) is 2.26. The Kier molecular flexibility index (Phi) is 6.95. The fourth-order valence-electron chi connectivity index (χ4n) is 4.61. The molecule has 1 atom stereocenters. The Labute approximate surface area is 191 Å². The highest BCUT2D eigenvalue weighted by atomic mass is 32.1. The van der Waals surface area contributed by atoms with E-state index in [0.29, 0.717) is 50.0 Å². The van der Waals surface area contributed by atoms with Gasteiger partial charge < -0.3 is 23.8 Å². The summed E-state index contributed by atoms with van der Waals surface area (Å²) in [6.07, 6.45) is 3.51. The van der Waals surface area contributed by atoms with Gasteiger partial charge in [0.1, 0.15) is 11.3 Å². The lowest BCUT2D eigenvalue weighted by molar-refractivity contribution is 0.0592. The van der Waals surface area contributed by atoms with E-state index in [1.807, 2.05) is 10.8 Å². The second-order valence-corrected chi connectivity index (χ2v) is 9.06. The van der Waals surface area contributed by atoms with Crippen LogP contribution in [-0.2, 0) is 17.7 Å². The van der Waals surface area contributed by atoms with E-state index in [-0.39, 0.29) is 22.8 Å². The Bertz CT molecular complexity index is 1030.